The Morgan fingerprint density at radius 2 is 1.81 bits per heavy atom. The highest BCUT2D eigenvalue weighted by Crippen LogP contribution is 2.22. The molecule has 142 valence electrons. The van der Waals surface area contributed by atoms with Crippen LogP contribution in [0.25, 0.3) is 0 Å². The number of piperidine rings is 1. The van der Waals surface area contributed by atoms with Gasteiger partial charge in [-0.1, -0.05) is 54.1 Å². The van der Waals surface area contributed by atoms with Crippen LogP contribution in [0, 0.1) is 5.92 Å². The second-order valence-corrected chi connectivity index (χ2v) is 7.36. The number of carbonyl (C=O) groups excluding carboxylic acids is 2. The summed E-state index contributed by atoms with van der Waals surface area (Å²) in [6.45, 7) is 1.78. The van der Waals surface area contributed by atoms with Crippen LogP contribution in [-0.4, -0.2) is 36.3 Å². The van der Waals surface area contributed by atoms with E-state index in [1.165, 1.54) is 5.56 Å². The van der Waals surface area contributed by atoms with Gasteiger partial charge < -0.3 is 10.2 Å². The number of benzene rings is 2. The Balaban J connectivity index is 1.48. The minimum atomic E-state index is -0.151. The molecule has 1 atom stereocenters. The normalized spacial score (nSPS) is 16.8. The molecule has 0 aliphatic carbocycles. The minimum absolute atomic E-state index is 0.0414. The first-order valence-electron chi connectivity index (χ1n) is 9.50. The Bertz CT molecular complexity index is 779. The summed E-state index contributed by atoms with van der Waals surface area (Å²) < 4.78 is 0. The fourth-order valence-electron chi connectivity index (χ4n) is 3.47. The first-order valence-corrected chi connectivity index (χ1v) is 9.88. The fourth-order valence-corrected chi connectivity index (χ4v) is 3.69. The standard InChI is InChI=1S/C22H25ClN2O2/c23-20-13-5-4-12-19(20)22(27)25-15-7-11-18(16-25)21(26)24-14-6-10-17-8-2-1-3-9-17/h1-5,8-9,12-13,18H,6-7,10-11,14-16H2,(H,24,26). The van der Waals surface area contributed by atoms with Crippen LogP contribution in [0.5, 0.6) is 0 Å². The summed E-state index contributed by atoms with van der Waals surface area (Å²) in [5.41, 5.74) is 1.78. The zero-order valence-corrected chi connectivity index (χ0v) is 16.1. The molecule has 0 saturated carbocycles. The van der Waals surface area contributed by atoms with Crippen molar-refractivity contribution in [3.05, 3.63) is 70.7 Å². The predicted octanol–water partition coefficient (Wildman–Crippen LogP) is 3.94. The maximum atomic E-state index is 12.7. The average Bonchev–Trinajstić information content (AvgIpc) is 2.72. The van der Waals surface area contributed by atoms with Gasteiger partial charge >= 0.3 is 0 Å². The fraction of sp³-hybridized carbons (Fsp3) is 0.364. The zero-order chi connectivity index (χ0) is 19.1. The number of amides is 2. The first kappa shape index (κ1) is 19.4. The van der Waals surface area contributed by atoms with Gasteiger partial charge in [-0.05, 0) is 43.4 Å². The number of rotatable bonds is 6. The Morgan fingerprint density at radius 3 is 2.59 bits per heavy atom. The molecule has 2 amide bonds. The summed E-state index contributed by atoms with van der Waals surface area (Å²) in [5, 5.41) is 3.48. The second-order valence-electron chi connectivity index (χ2n) is 6.95. The van der Waals surface area contributed by atoms with Crippen LogP contribution < -0.4 is 5.32 Å². The molecule has 0 aromatic heterocycles. The van der Waals surface area contributed by atoms with E-state index in [-0.39, 0.29) is 17.7 Å². The number of nitrogens with zero attached hydrogens (tertiary/aromatic N) is 1. The van der Waals surface area contributed by atoms with E-state index >= 15 is 0 Å². The van der Waals surface area contributed by atoms with Gasteiger partial charge in [-0.15, -0.1) is 0 Å². The van der Waals surface area contributed by atoms with Crippen LogP contribution in [0.2, 0.25) is 5.02 Å². The van der Waals surface area contributed by atoms with Gasteiger partial charge in [0.05, 0.1) is 16.5 Å². The van der Waals surface area contributed by atoms with Crippen LogP contribution in [0.1, 0.15) is 35.2 Å². The van der Waals surface area contributed by atoms with Gasteiger partial charge in [0, 0.05) is 19.6 Å². The average molecular weight is 385 g/mol. The Labute approximate surface area is 165 Å². The van der Waals surface area contributed by atoms with E-state index in [4.69, 9.17) is 11.6 Å². The summed E-state index contributed by atoms with van der Waals surface area (Å²) in [6.07, 6.45) is 3.50. The van der Waals surface area contributed by atoms with Crippen LogP contribution in [0.15, 0.2) is 54.6 Å². The lowest BCUT2D eigenvalue weighted by molar-refractivity contribution is -0.126. The van der Waals surface area contributed by atoms with Gasteiger partial charge in [0.15, 0.2) is 0 Å². The SMILES string of the molecule is O=C(NCCCc1ccccc1)C1CCCN(C(=O)c2ccccc2Cl)C1. The summed E-state index contributed by atoms with van der Waals surface area (Å²) in [7, 11) is 0. The van der Waals surface area contributed by atoms with Crippen molar-refractivity contribution in [2.45, 2.75) is 25.7 Å². The van der Waals surface area contributed by atoms with Gasteiger partial charge in [0.2, 0.25) is 5.91 Å². The Kier molecular flexibility index (Phi) is 6.88. The zero-order valence-electron chi connectivity index (χ0n) is 15.4. The van der Waals surface area contributed by atoms with Crippen LogP contribution in [-0.2, 0) is 11.2 Å². The molecule has 0 radical (unpaired) electrons. The number of aryl methyl sites for hydroxylation is 1. The van der Waals surface area contributed by atoms with Crippen molar-refractivity contribution in [1.29, 1.82) is 0 Å². The molecule has 3 rings (SSSR count). The highest BCUT2D eigenvalue weighted by molar-refractivity contribution is 6.33. The number of nitrogens with one attached hydrogen (secondary N) is 1. The van der Waals surface area contributed by atoms with Crippen molar-refractivity contribution in [2.75, 3.05) is 19.6 Å². The molecule has 0 bridgehead atoms. The van der Waals surface area contributed by atoms with E-state index in [0.29, 0.717) is 30.2 Å². The number of carbonyl (C=O) groups is 2. The van der Waals surface area contributed by atoms with E-state index in [9.17, 15) is 9.59 Å². The van der Waals surface area contributed by atoms with E-state index in [1.54, 1.807) is 29.2 Å². The highest BCUT2D eigenvalue weighted by Gasteiger charge is 2.29. The molecule has 2 aromatic rings. The lowest BCUT2D eigenvalue weighted by Crippen LogP contribution is -2.45. The molecule has 2 aromatic carbocycles. The summed E-state index contributed by atoms with van der Waals surface area (Å²) in [4.78, 5) is 27.0. The molecular formula is C22H25ClN2O2. The maximum absolute atomic E-state index is 12.7. The Hall–Kier alpha value is -2.33. The largest absolute Gasteiger partial charge is 0.356 e. The molecule has 1 fully saturated rings. The minimum Gasteiger partial charge on any atom is -0.356 e. The number of hydrogen-bond donors (Lipinski definition) is 1. The lowest BCUT2D eigenvalue weighted by atomic mass is 9.96. The van der Waals surface area contributed by atoms with Crippen LogP contribution in [0.4, 0.5) is 0 Å². The predicted molar refractivity (Wildman–Crippen MR) is 108 cm³/mol. The molecule has 1 heterocycles. The molecule has 1 N–H and O–H groups in total. The third kappa shape index (κ3) is 5.33. The van der Waals surface area contributed by atoms with E-state index in [2.05, 4.69) is 17.4 Å². The molecular weight excluding hydrogens is 360 g/mol. The van der Waals surface area contributed by atoms with Gasteiger partial charge in [-0.2, -0.15) is 0 Å². The van der Waals surface area contributed by atoms with Crippen molar-refractivity contribution >= 4 is 23.4 Å². The second kappa shape index (κ2) is 9.56. The van der Waals surface area contributed by atoms with Gasteiger partial charge in [0.25, 0.3) is 5.91 Å². The molecule has 1 saturated heterocycles. The number of likely N-dealkylation sites (tertiary alicyclic amines) is 1. The summed E-state index contributed by atoms with van der Waals surface area (Å²) in [5.74, 6) is -0.205. The molecule has 27 heavy (non-hydrogen) atoms. The molecule has 5 heteroatoms. The van der Waals surface area contributed by atoms with Gasteiger partial charge in [-0.25, -0.2) is 0 Å². The smallest absolute Gasteiger partial charge is 0.255 e. The molecule has 1 aliphatic rings. The maximum Gasteiger partial charge on any atom is 0.255 e. The molecule has 1 aliphatic heterocycles. The van der Waals surface area contributed by atoms with Crippen molar-refractivity contribution in [3.8, 4) is 0 Å². The van der Waals surface area contributed by atoms with Crippen molar-refractivity contribution in [1.82, 2.24) is 10.2 Å². The van der Waals surface area contributed by atoms with E-state index in [1.807, 2.05) is 18.2 Å². The third-order valence-corrected chi connectivity index (χ3v) is 5.30. The van der Waals surface area contributed by atoms with E-state index < -0.39 is 0 Å². The quantitative estimate of drug-likeness (QED) is 0.767. The van der Waals surface area contributed by atoms with Crippen molar-refractivity contribution in [3.63, 3.8) is 0 Å². The summed E-state index contributed by atoms with van der Waals surface area (Å²) >= 11 is 6.15. The van der Waals surface area contributed by atoms with Gasteiger partial charge in [0.1, 0.15) is 0 Å². The van der Waals surface area contributed by atoms with Crippen LogP contribution in [0.3, 0.4) is 0 Å². The van der Waals surface area contributed by atoms with Crippen molar-refractivity contribution < 1.29 is 9.59 Å². The molecule has 4 nitrogen and oxygen atoms in total. The van der Waals surface area contributed by atoms with Gasteiger partial charge in [-0.3, -0.25) is 9.59 Å². The van der Waals surface area contributed by atoms with Crippen LogP contribution >= 0.6 is 11.6 Å². The lowest BCUT2D eigenvalue weighted by Gasteiger charge is -2.32. The summed E-state index contributed by atoms with van der Waals surface area (Å²) in [6, 6.07) is 17.3. The number of hydrogen-bond acceptors (Lipinski definition) is 2. The topological polar surface area (TPSA) is 49.4 Å². The number of halogens is 1. The highest BCUT2D eigenvalue weighted by atomic mass is 35.5. The monoisotopic (exact) mass is 384 g/mol. The first-order chi connectivity index (χ1) is 13.1. The molecule has 0 spiro atoms. The molecule has 1 unspecified atom stereocenters. The van der Waals surface area contributed by atoms with Crippen molar-refractivity contribution in [2.24, 2.45) is 5.92 Å². The third-order valence-electron chi connectivity index (χ3n) is 4.97. The van der Waals surface area contributed by atoms with E-state index in [0.717, 1.165) is 25.7 Å². The Morgan fingerprint density at radius 1 is 1.07 bits per heavy atom.